The highest BCUT2D eigenvalue weighted by Gasteiger charge is 2.15. The minimum Gasteiger partial charge on any atom is -0.328 e. The molecule has 0 amide bonds. The van der Waals surface area contributed by atoms with Crippen LogP contribution in [0.5, 0.6) is 0 Å². The molecular weight excluding hydrogens is 268 g/mol. The maximum atomic E-state index is 4.91. The molecule has 1 aromatic heterocycles. The van der Waals surface area contributed by atoms with Crippen molar-refractivity contribution in [1.82, 2.24) is 9.55 Å². The van der Waals surface area contributed by atoms with Crippen molar-refractivity contribution in [2.75, 3.05) is 0 Å². The van der Waals surface area contributed by atoms with Crippen LogP contribution in [0.2, 0.25) is 0 Å². The van der Waals surface area contributed by atoms with E-state index in [1.54, 1.807) is 0 Å². The van der Waals surface area contributed by atoms with Crippen LogP contribution in [0.1, 0.15) is 70.5 Å². The second kappa shape index (κ2) is 7.80. The molecule has 0 saturated heterocycles. The zero-order valence-electron chi connectivity index (χ0n) is 14.1. The van der Waals surface area contributed by atoms with Gasteiger partial charge in [0, 0.05) is 13.0 Å². The summed E-state index contributed by atoms with van der Waals surface area (Å²) >= 11 is 0. The van der Waals surface area contributed by atoms with Crippen LogP contribution in [0, 0.1) is 5.92 Å². The molecule has 1 aliphatic carbocycles. The van der Waals surface area contributed by atoms with Crippen molar-refractivity contribution in [2.24, 2.45) is 5.92 Å². The van der Waals surface area contributed by atoms with Gasteiger partial charge in [-0.15, -0.1) is 0 Å². The summed E-state index contributed by atoms with van der Waals surface area (Å²) in [6.07, 6.45) is 13.5. The second-order valence-electron chi connectivity index (χ2n) is 6.92. The highest BCUT2D eigenvalue weighted by molar-refractivity contribution is 5.75. The summed E-state index contributed by atoms with van der Waals surface area (Å²) in [6.45, 7) is 3.43. The number of imidazole rings is 1. The molecule has 0 unspecified atom stereocenters. The minimum absolute atomic E-state index is 0.943. The lowest BCUT2D eigenvalue weighted by atomic mass is 9.87. The second-order valence-corrected chi connectivity index (χ2v) is 6.92. The minimum atomic E-state index is 0.943. The smallest absolute Gasteiger partial charge is 0.109 e. The average molecular weight is 298 g/mol. The molecule has 0 radical (unpaired) electrons. The summed E-state index contributed by atoms with van der Waals surface area (Å²) in [5.74, 6) is 2.25. The van der Waals surface area contributed by atoms with E-state index in [0.29, 0.717) is 0 Å². The van der Waals surface area contributed by atoms with Crippen molar-refractivity contribution < 1.29 is 0 Å². The van der Waals surface area contributed by atoms with Gasteiger partial charge in [-0.05, 0) is 30.9 Å². The van der Waals surface area contributed by atoms with E-state index in [4.69, 9.17) is 4.98 Å². The standard InChI is InChI=1S/C20H30N2/c1-2-3-5-14-20-21-18-12-8-9-13-19(18)22(20)16-15-17-10-6-4-7-11-17/h8-9,12-13,17H,2-7,10-11,14-16H2,1H3. The number of para-hydroxylation sites is 2. The van der Waals surface area contributed by atoms with E-state index in [-0.39, 0.29) is 0 Å². The summed E-state index contributed by atoms with van der Waals surface area (Å²) in [6, 6.07) is 8.66. The van der Waals surface area contributed by atoms with Crippen LogP contribution >= 0.6 is 0 Å². The van der Waals surface area contributed by atoms with Gasteiger partial charge in [0.2, 0.25) is 0 Å². The van der Waals surface area contributed by atoms with Crippen molar-refractivity contribution in [3.8, 4) is 0 Å². The Morgan fingerprint density at radius 2 is 1.91 bits per heavy atom. The number of hydrogen-bond acceptors (Lipinski definition) is 1. The Morgan fingerprint density at radius 1 is 1.09 bits per heavy atom. The van der Waals surface area contributed by atoms with Gasteiger partial charge < -0.3 is 4.57 Å². The quantitative estimate of drug-likeness (QED) is 0.596. The van der Waals surface area contributed by atoms with Gasteiger partial charge in [0.25, 0.3) is 0 Å². The summed E-state index contributed by atoms with van der Waals surface area (Å²) in [5, 5.41) is 0. The largest absolute Gasteiger partial charge is 0.328 e. The predicted octanol–water partition coefficient (Wildman–Crippen LogP) is 5.74. The predicted molar refractivity (Wildman–Crippen MR) is 94.2 cm³/mol. The Kier molecular flexibility index (Phi) is 5.53. The first kappa shape index (κ1) is 15.6. The Bertz CT molecular complexity index is 578. The van der Waals surface area contributed by atoms with Crippen LogP contribution in [0.15, 0.2) is 24.3 Å². The monoisotopic (exact) mass is 298 g/mol. The Labute approximate surface area is 134 Å². The molecule has 0 spiro atoms. The fourth-order valence-electron chi connectivity index (χ4n) is 3.89. The number of nitrogens with zero attached hydrogens (tertiary/aromatic N) is 2. The summed E-state index contributed by atoms with van der Waals surface area (Å²) < 4.78 is 2.51. The van der Waals surface area contributed by atoms with E-state index in [0.717, 1.165) is 18.9 Å². The van der Waals surface area contributed by atoms with Crippen LogP contribution in [0.4, 0.5) is 0 Å². The molecule has 1 heterocycles. The zero-order chi connectivity index (χ0) is 15.2. The first-order chi connectivity index (χ1) is 10.9. The molecule has 120 valence electrons. The van der Waals surface area contributed by atoms with Crippen molar-refractivity contribution in [3.63, 3.8) is 0 Å². The Hall–Kier alpha value is -1.31. The van der Waals surface area contributed by atoms with Gasteiger partial charge in [-0.1, -0.05) is 64.0 Å². The molecule has 1 aliphatic rings. The topological polar surface area (TPSA) is 17.8 Å². The Balaban J connectivity index is 1.73. The van der Waals surface area contributed by atoms with E-state index in [1.165, 1.54) is 74.6 Å². The highest BCUT2D eigenvalue weighted by atomic mass is 15.1. The molecule has 2 nitrogen and oxygen atoms in total. The van der Waals surface area contributed by atoms with Crippen molar-refractivity contribution >= 4 is 11.0 Å². The lowest BCUT2D eigenvalue weighted by molar-refractivity contribution is 0.324. The fourth-order valence-corrected chi connectivity index (χ4v) is 3.89. The van der Waals surface area contributed by atoms with Gasteiger partial charge in [0.15, 0.2) is 0 Å². The van der Waals surface area contributed by atoms with Crippen LogP contribution in [-0.4, -0.2) is 9.55 Å². The van der Waals surface area contributed by atoms with E-state index in [2.05, 4.69) is 35.8 Å². The third-order valence-corrected chi connectivity index (χ3v) is 5.22. The third-order valence-electron chi connectivity index (χ3n) is 5.22. The number of benzene rings is 1. The first-order valence-corrected chi connectivity index (χ1v) is 9.32. The number of aromatic nitrogens is 2. The lowest BCUT2D eigenvalue weighted by Gasteiger charge is -2.22. The molecule has 1 aromatic carbocycles. The molecular formula is C20H30N2. The SMILES string of the molecule is CCCCCc1nc2ccccc2n1CCC1CCCCC1. The normalized spacial score (nSPS) is 16.4. The number of rotatable bonds is 7. The van der Waals surface area contributed by atoms with Gasteiger partial charge in [0.1, 0.15) is 5.82 Å². The molecule has 1 fully saturated rings. The highest BCUT2D eigenvalue weighted by Crippen LogP contribution is 2.28. The van der Waals surface area contributed by atoms with Gasteiger partial charge in [-0.2, -0.15) is 0 Å². The number of unbranched alkanes of at least 4 members (excludes halogenated alkanes) is 2. The molecule has 0 bridgehead atoms. The summed E-state index contributed by atoms with van der Waals surface area (Å²) in [4.78, 5) is 4.91. The van der Waals surface area contributed by atoms with Crippen molar-refractivity contribution in [3.05, 3.63) is 30.1 Å². The van der Waals surface area contributed by atoms with Crippen LogP contribution < -0.4 is 0 Å². The number of fused-ring (bicyclic) bond motifs is 1. The molecule has 1 saturated carbocycles. The fraction of sp³-hybridized carbons (Fsp3) is 0.650. The lowest BCUT2D eigenvalue weighted by Crippen LogP contribution is -2.12. The van der Waals surface area contributed by atoms with Gasteiger partial charge in [0.05, 0.1) is 11.0 Å². The van der Waals surface area contributed by atoms with E-state index in [1.807, 2.05) is 0 Å². The average Bonchev–Trinajstić information content (AvgIpc) is 2.92. The molecule has 22 heavy (non-hydrogen) atoms. The molecule has 0 N–H and O–H groups in total. The van der Waals surface area contributed by atoms with E-state index < -0.39 is 0 Å². The van der Waals surface area contributed by atoms with Crippen LogP contribution in [0.25, 0.3) is 11.0 Å². The molecule has 2 aromatic rings. The van der Waals surface area contributed by atoms with E-state index >= 15 is 0 Å². The molecule has 2 heteroatoms. The van der Waals surface area contributed by atoms with Crippen molar-refractivity contribution in [1.29, 1.82) is 0 Å². The van der Waals surface area contributed by atoms with Crippen LogP contribution in [0.3, 0.4) is 0 Å². The number of aryl methyl sites for hydroxylation is 2. The zero-order valence-corrected chi connectivity index (χ0v) is 14.1. The van der Waals surface area contributed by atoms with Crippen molar-refractivity contribution in [2.45, 2.75) is 77.7 Å². The van der Waals surface area contributed by atoms with Gasteiger partial charge in [-0.25, -0.2) is 4.98 Å². The first-order valence-electron chi connectivity index (χ1n) is 9.32. The van der Waals surface area contributed by atoms with Gasteiger partial charge >= 0.3 is 0 Å². The molecule has 3 rings (SSSR count). The van der Waals surface area contributed by atoms with Gasteiger partial charge in [-0.3, -0.25) is 0 Å². The number of hydrogen-bond donors (Lipinski definition) is 0. The third kappa shape index (κ3) is 3.71. The maximum absolute atomic E-state index is 4.91. The molecule has 0 atom stereocenters. The maximum Gasteiger partial charge on any atom is 0.109 e. The van der Waals surface area contributed by atoms with E-state index in [9.17, 15) is 0 Å². The van der Waals surface area contributed by atoms with Crippen LogP contribution in [-0.2, 0) is 13.0 Å². The summed E-state index contributed by atoms with van der Waals surface area (Å²) in [5.41, 5.74) is 2.52. The summed E-state index contributed by atoms with van der Waals surface area (Å²) in [7, 11) is 0. The molecule has 0 aliphatic heterocycles. The Morgan fingerprint density at radius 3 is 2.73 bits per heavy atom.